The Morgan fingerprint density at radius 2 is 1.96 bits per heavy atom. The smallest absolute Gasteiger partial charge is 0.338 e. The molecule has 0 aliphatic rings. The monoisotopic (exact) mass is 329 g/mol. The second-order valence-corrected chi connectivity index (χ2v) is 4.85. The highest BCUT2D eigenvalue weighted by molar-refractivity contribution is 6.30. The van der Waals surface area contributed by atoms with Gasteiger partial charge in [-0.15, -0.1) is 0 Å². The fraction of sp³-hybridized carbons (Fsp3) is 0.235. The van der Waals surface area contributed by atoms with E-state index in [0.717, 1.165) is 0 Å². The maximum absolute atomic E-state index is 11.8. The molecular formula is C17H16ClN3O2. The maximum atomic E-state index is 11.8. The summed E-state index contributed by atoms with van der Waals surface area (Å²) in [5, 5.41) is 17.8. The molecule has 23 heavy (non-hydrogen) atoms. The number of carbonyl (C=O) groups is 1. The number of ether oxygens (including phenoxy) is 1. The number of halogens is 1. The van der Waals surface area contributed by atoms with Gasteiger partial charge in [-0.05, 0) is 49.5 Å². The van der Waals surface area contributed by atoms with E-state index in [4.69, 9.17) is 26.9 Å². The van der Waals surface area contributed by atoms with Crippen molar-refractivity contribution in [2.45, 2.75) is 6.92 Å². The van der Waals surface area contributed by atoms with Crippen molar-refractivity contribution in [1.29, 1.82) is 10.5 Å². The number of carbonyl (C=O) groups excluding carboxylic acids is 1. The number of nitrogens with zero attached hydrogens (tertiary/aromatic N) is 3. The van der Waals surface area contributed by atoms with Crippen LogP contribution in [0.3, 0.4) is 0 Å². The Morgan fingerprint density at radius 3 is 2.52 bits per heavy atom. The third-order valence-corrected chi connectivity index (χ3v) is 3.15. The van der Waals surface area contributed by atoms with Crippen molar-refractivity contribution >= 4 is 17.6 Å². The lowest BCUT2D eigenvalue weighted by atomic mass is 10.2. The van der Waals surface area contributed by atoms with Crippen molar-refractivity contribution in [3.63, 3.8) is 0 Å². The molecule has 0 atom stereocenters. The first-order valence-corrected chi connectivity index (χ1v) is 7.34. The molecule has 0 heterocycles. The normalized spacial score (nSPS) is 9.74. The van der Waals surface area contributed by atoms with Crippen LogP contribution >= 0.6 is 11.6 Å². The van der Waals surface area contributed by atoms with E-state index < -0.39 is 5.97 Å². The molecule has 0 spiro atoms. The lowest BCUT2D eigenvalue weighted by molar-refractivity contribution is 0.0481. The maximum Gasteiger partial charge on any atom is 0.338 e. The first-order chi connectivity index (χ1) is 11.1. The summed E-state index contributed by atoms with van der Waals surface area (Å²) in [6.07, 6.45) is 4.79. The Hall–Kier alpha value is -2.76. The van der Waals surface area contributed by atoms with E-state index in [9.17, 15) is 4.79 Å². The van der Waals surface area contributed by atoms with Gasteiger partial charge in [0, 0.05) is 11.6 Å². The van der Waals surface area contributed by atoms with Gasteiger partial charge in [-0.2, -0.15) is 10.5 Å². The van der Waals surface area contributed by atoms with Crippen LogP contribution < -0.4 is 0 Å². The summed E-state index contributed by atoms with van der Waals surface area (Å²) >= 11 is 5.76. The molecular weight excluding hydrogens is 314 g/mol. The Morgan fingerprint density at radius 1 is 1.30 bits per heavy atom. The largest absolute Gasteiger partial charge is 0.460 e. The summed E-state index contributed by atoms with van der Waals surface area (Å²) in [6.45, 7) is 3.39. The summed E-state index contributed by atoms with van der Waals surface area (Å²) in [5.41, 5.74) is 0.482. The van der Waals surface area contributed by atoms with E-state index in [1.807, 2.05) is 11.8 Å². The Balaban J connectivity index is 2.46. The van der Waals surface area contributed by atoms with Gasteiger partial charge in [-0.3, -0.25) is 0 Å². The van der Waals surface area contributed by atoms with E-state index in [2.05, 4.69) is 0 Å². The van der Waals surface area contributed by atoms with Crippen LogP contribution in [0.15, 0.2) is 48.2 Å². The predicted octanol–water partition coefficient (Wildman–Crippen LogP) is 3.31. The number of allylic oxidation sites excluding steroid dienone is 3. The highest BCUT2D eigenvalue weighted by Gasteiger charge is 2.07. The van der Waals surface area contributed by atoms with Crippen LogP contribution in [-0.2, 0) is 4.74 Å². The second-order valence-electron chi connectivity index (χ2n) is 4.42. The number of nitriles is 2. The minimum atomic E-state index is -0.405. The highest BCUT2D eigenvalue weighted by atomic mass is 35.5. The van der Waals surface area contributed by atoms with Gasteiger partial charge in [0.25, 0.3) is 0 Å². The molecule has 0 bridgehead atoms. The molecule has 1 aromatic rings. The van der Waals surface area contributed by atoms with E-state index in [1.165, 1.54) is 6.08 Å². The van der Waals surface area contributed by atoms with Crippen LogP contribution in [0.5, 0.6) is 0 Å². The van der Waals surface area contributed by atoms with Gasteiger partial charge < -0.3 is 9.64 Å². The third kappa shape index (κ3) is 6.69. The lowest BCUT2D eigenvalue weighted by Gasteiger charge is -2.17. The van der Waals surface area contributed by atoms with E-state index in [-0.39, 0.29) is 12.2 Å². The molecule has 0 aromatic heterocycles. The molecule has 0 fully saturated rings. The number of hydrogen-bond acceptors (Lipinski definition) is 5. The standard InChI is InChI=1S/C17H16ClN3O2/c1-2-21(9-3-4-14(12-19)13-20)10-11-23-17(22)15-5-7-16(18)8-6-15/h3-9H,2,10-11H2,1H3/b9-3+. The summed E-state index contributed by atoms with van der Waals surface area (Å²) in [5.74, 6) is -0.405. The molecule has 6 heteroatoms. The number of hydrogen-bond donors (Lipinski definition) is 0. The summed E-state index contributed by atoms with van der Waals surface area (Å²) in [4.78, 5) is 13.7. The lowest BCUT2D eigenvalue weighted by Crippen LogP contribution is -2.23. The molecule has 118 valence electrons. The molecule has 0 radical (unpaired) electrons. The van der Waals surface area contributed by atoms with Crippen LogP contribution in [0.25, 0.3) is 0 Å². The topological polar surface area (TPSA) is 77.1 Å². The number of benzene rings is 1. The van der Waals surface area contributed by atoms with Crippen LogP contribution in [0.2, 0.25) is 5.02 Å². The molecule has 0 amide bonds. The second kappa shape index (κ2) is 10.0. The van der Waals surface area contributed by atoms with Crippen molar-refractivity contribution in [2.75, 3.05) is 19.7 Å². The van der Waals surface area contributed by atoms with E-state index in [0.29, 0.717) is 23.7 Å². The molecule has 0 saturated heterocycles. The SMILES string of the molecule is CCN(/C=C/C=C(C#N)C#N)CCOC(=O)c1ccc(Cl)cc1. The average molecular weight is 330 g/mol. The van der Waals surface area contributed by atoms with Crippen molar-refractivity contribution in [3.05, 3.63) is 58.8 Å². The Bertz CT molecular complexity index is 651. The van der Waals surface area contributed by atoms with Crippen LogP contribution in [0, 0.1) is 22.7 Å². The fourth-order valence-electron chi connectivity index (χ4n) is 1.62. The summed E-state index contributed by atoms with van der Waals surface area (Å²) in [7, 11) is 0. The average Bonchev–Trinajstić information content (AvgIpc) is 2.57. The first kappa shape index (κ1) is 18.3. The first-order valence-electron chi connectivity index (χ1n) is 6.96. The van der Waals surface area contributed by atoms with Crippen LogP contribution in [0.1, 0.15) is 17.3 Å². The third-order valence-electron chi connectivity index (χ3n) is 2.90. The van der Waals surface area contributed by atoms with Crippen molar-refractivity contribution in [1.82, 2.24) is 4.90 Å². The minimum Gasteiger partial charge on any atom is -0.460 e. The molecule has 1 rings (SSSR count). The molecule has 0 unspecified atom stereocenters. The summed E-state index contributed by atoms with van der Waals surface area (Å²) in [6, 6.07) is 10.0. The van der Waals surface area contributed by atoms with Crippen LogP contribution in [-0.4, -0.2) is 30.6 Å². The predicted molar refractivity (Wildman–Crippen MR) is 87.4 cm³/mol. The quantitative estimate of drug-likeness (QED) is 0.435. The Labute approximate surface area is 140 Å². The van der Waals surface area contributed by atoms with Crippen molar-refractivity contribution < 1.29 is 9.53 Å². The van der Waals surface area contributed by atoms with E-state index in [1.54, 1.807) is 48.7 Å². The Kier molecular flexibility index (Phi) is 7.99. The van der Waals surface area contributed by atoms with Crippen molar-refractivity contribution in [3.8, 4) is 12.1 Å². The molecule has 1 aromatic carbocycles. The van der Waals surface area contributed by atoms with Gasteiger partial charge in [0.05, 0.1) is 12.1 Å². The number of likely N-dealkylation sites (N-methyl/N-ethyl adjacent to an activating group) is 1. The van der Waals surface area contributed by atoms with Gasteiger partial charge in [0.2, 0.25) is 0 Å². The van der Waals surface area contributed by atoms with Gasteiger partial charge in [-0.1, -0.05) is 11.6 Å². The van der Waals surface area contributed by atoms with Crippen LogP contribution in [0.4, 0.5) is 0 Å². The van der Waals surface area contributed by atoms with E-state index >= 15 is 0 Å². The zero-order valence-electron chi connectivity index (χ0n) is 12.7. The number of rotatable bonds is 7. The van der Waals surface area contributed by atoms with Crippen molar-refractivity contribution in [2.24, 2.45) is 0 Å². The van der Waals surface area contributed by atoms with Gasteiger partial charge >= 0.3 is 5.97 Å². The van der Waals surface area contributed by atoms with Gasteiger partial charge in [0.1, 0.15) is 24.3 Å². The minimum absolute atomic E-state index is 0.0338. The zero-order chi connectivity index (χ0) is 17.1. The van der Waals surface area contributed by atoms with Gasteiger partial charge in [0.15, 0.2) is 0 Å². The molecule has 5 nitrogen and oxygen atoms in total. The summed E-state index contributed by atoms with van der Waals surface area (Å²) < 4.78 is 5.19. The molecule has 0 aliphatic carbocycles. The zero-order valence-corrected chi connectivity index (χ0v) is 13.5. The molecule has 0 saturated carbocycles. The fourth-order valence-corrected chi connectivity index (χ4v) is 1.75. The van der Waals surface area contributed by atoms with Gasteiger partial charge in [-0.25, -0.2) is 4.79 Å². The molecule has 0 N–H and O–H groups in total. The molecule has 0 aliphatic heterocycles. The highest BCUT2D eigenvalue weighted by Crippen LogP contribution is 2.10. The number of esters is 1.